The number of imidazole rings is 1. The van der Waals surface area contributed by atoms with Crippen molar-refractivity contribution < 1.29 is 10.2 Å². The van der Waals surface area contributed by atoms with Crippen LogP contribution >= 0.6 is 0 Å². The molecule has 0 amide bonds. The lowest BCUT2D eigenvalue weighted by Crippen LogP contribution is -2.13. The van der Waals surface area contributed by atoms with Crippen molar-refractivity contribution in [3.63, 3.8) is 0 Å². The van der Waals surface area contributed by atoms with Crippen LogP contribution in [-0.2, 0) is 5.41 Å². The van der Waals surface area contributed by atoms with Gasteiger partial charge in [0.1, 0.15) is 17.3 Å². The Hall–Kier alpha value is -2.82. The molecule has 0 atom stereocenters. The number of rotatable bonds is 2. The maximum absolute atomic E-state index is 9.81. The molecule has 0 aliphatic carbocycles. The Balaban J connectivity index is 2.25. The molecule has 24 heavy (non-hydrogen) atoms. The number of nitrogens with one attached hydrogen (secondary N) is 1. The Labute approximate surface area is 141 Å². The van der Waals surface area contributed by atoms with Crippen molar-refractivity contribution >= 4 is 0 Å². The average Bonchev–Trinajstić information content (AvgIpc) is 2.91. The van der Waals surface area contributed by atoms with E-state index in [4.69, 9.17) is 4.98 Å². The first-order valence-corrected chi connectivity index (χ1v) is 7.82. The lowest BCUT2D eigenvalue weighted by Gasteiger charge is -2.14. The quantitative estimate of drug-likeness (QED) is 0.661. The molecule has 5 heteroatoms. The van der Waals surface area contributed by atoms with E-state index in [0.29, 0.717) is 11.3 Å². The second kappa shape index (κ2) is 5.67. The number of aromatic amines is 1. The summed E-state index contributed by atoms with van der Waals surface area (Å²) in [7, 11) is 0. The molecule has 0 bridgehead atoms. The first-order valence-electron chi connectivity index (χ1n) is 7.82. The van der Waals surface area contributed by atoms with Crippen LogP contribution < -0.4 is 0 Å². The zero-order valence-electron chi connectivity index (χ0n) is 14.3. The van der Waals surface area contributed by atoms with Crippen molar-refractivity contribution in [1.82, 2.24) is 15.0 Å². The number of H-pyrrole nitrogens is 1. The average molecular weight is 323 g/mol. The maximum atomic E-state index is 9.81. The summed E-state index contributed by atoms with van der Waals surface area (Å²) in [5, 5.41) is 19.6. The number of benzene rings is 1. The number of hydrogen-bond acceptors (Lipinski definition) is 4. The van der Waals surface area contributed by atoms with E-state index in [1.165, 1.54) is 6.07 Å². The molecule has 0 fully saturated rings. The Kier molecular flexibility index (Phi) is 3.79. The predicted octanol–water partition coefficient (Wildman–Crippen LogP) is 4.16. The standard InChI is InChI=1S/C19H21N3O2/c1-11-6-5-7-15(20-11)17-16(21-18(22-17)19(2,3)4)12-8-13(23)10-14(24)9-12/h5-10,23-24H,1-4H3,(H,21,22). The summed E-state index contributed by atoms with van der Waals surface area (Å²) < 4.78 is 0. The van der Waals surface area contributed by atoms with Crippen LogP contribution in [0.15, 0.2) is 36.4 Å². The van der Waals surface area contributed by atoms with Gasteiger partial charge in [-0.3, -0.25) is 4.98 Å². The summed E-state index contributed by atoms with van der Waals surface area (Å²) in [6.45, 7) is 8.15. The second-order valence-corrected chi connectivity index (χ2v) is 6.96. The van der Waals surface area contributed by atoms with Crippen LogP contribution in [-0.4, -0.2) is 25.2 Å². The Morgan fingerprint density at radius 1 is 0.958 bits per heavy atom. The van der Waals surface area contributed by atoms with Gasteiger partial charge in [0, 0.05) is 22.7 Å². The van der Waals surface area contributed by atoms with Gasteiger partial charge >= 0.3 is 0 Å². The number of aromatic nitrogens is 3. The van der Waals surface area contributed by atoms with Gasteiger partial charge in [0.25, 0.3) is 0 Å². The van der Waals surface area contributed by atoms with Gasteiger partial charge in [-0.1, -0.05) is 26.8 Å². The van der Waals surface area contributed by atoms with E-state index in [9.17, 15) is 10.2 Å². The minimum absolute atomic E-state index is 0.00606. The molecule has 0 spiro atoms. The number of pyridine rings is 1. The first kappa shape index (κ1) is 16.1. The number of aromatic hydroxyl groups is 2. The molecule has 3 N–H and O–H groups in total. The van der Waals surface area contributed by atoms with Crippen molar-refractivity contribution in [3.05, 3.63) is 47.9 Å². The van der Waals surface area contributed by atoms with Gasteiger partial charge in [-0.15, -0.1) is 0 Å². The monoisotopic (exact) mass is 323 g/mol. The van der Waals surface area contributed by atoms with E-state index in [2.05, 4.69) is 30.7 Å². The van der Waals surface area contributed by atoms with Crippen LogP contribution in [0.4, 0.5) is 0 Å². The summed E-state index contributed by atoms with van der Waals surface area (Å²) in [6, 6.07) is 10.3. The van der Waals surface area contributed by atoms with E-state index < -0.39 is 0 Å². The third-order valence-electron chi connectivity index (χ3n) is 3.73. The Morgan fingerprint density at radius 3 is 2.21 bits per heavy atom. The second-order valence-electron chi connectivity index (χ2n) is 6.96. The number of hydrogen-bond donors (Lipinski definition) is 3. The highest BCUT2D eigenvalue weighted by Crippen LogP contribution is 2.35. The molecule has 0 aliphatic rings. The number of aryl methyl sites for hydroxylation is 1. The van der Waals surface area contributed by atoms with Gasteiger partial charge in [0.15, 0.2) is 0 Å². The molecule has 0 saturated carbocycles. The SMILES string of the molecule is Cc1cccc(-c2[nH]c(C(C)(C)C)nc2-c2cc(O)cc(O)c2)n1. The number of phenols is 2. The van der Waals surface area contributed by atoms with Crippen LogP contribution in [0.2, 0.25) is 0 Å². The molecule has 5 nitrogen and oxygen atoms in total. The minimum Gasteiger partial charge on any atom is -0.508 e. The van der Waals surface area contributed by atoms with E-state index in [-0.39, 0.29) is 16.9 Å². The molecular weight excluding hydrogens is 302 g/mol. The topological polar surface area (TPSA) is 82.0 Å². The maximum Gasteiger partial charge on any atom is 0.119 e. The fraction of sp³-hybridized carbons (Fsp3) is 0.263. The minimum atomic E-state index is -0.171. The van der Waals surface area contributed by atoms with Gasteiger partial charge in [0.05, 0.1) is 17.1 Å². The predicted molar refractivity (Wildman–Crippen MR) is 94.0 cm³/mol. The van der Waals surface area contributed by atoms with Crippen LogP contribution in [0.1, 0.15) is 32.3 Å². The molecule has 0 radical (unpaired) electrons. The molecule has 0 unspecified atom stereocenters. The molecule has 0 saturated heterocycles. The zero-order chi connectivity index (χ0) is 17.5. The third-order valence-corrected chi connectivity index (χ3v) is 3.73. The van der Waals surface area contributed by atoms with Gasteiger partial charge < -0.3 is 15.2 Å². The van der Waals surface area contributed by atoms with Gasteiger partial charge in [0.2, 0.25) is 0 Å². The Morgan fingerprint density at radius 2 is 1.62 bits per heavy atom. The lowest BCUT2D eigenvalue weighted by molar-refractivity contribution is 0.451. The molecule has 0 aliphatic heterocycles. The van der Waals surface area contributed by atoms with Crippen LogP contribution in [0, 0.1) is 6.92 Å². The van der Waals surface area contributed by atoms with Crippen molar-refractivity contribution in [3.8, 4) is 34.1 Å². The molecule has 2 heterocycles. The highest BCUT2D eigenvalue weighted by Gasteiger charge is 2.23. The van der Waals surface area contributed by atoms with Crippen LogP contribution in [0.3, 0.4) is 0 Å². The fourth-order valence-corrected chi connectivity index (χ4v) is 2.54. The van der Waals surface area contributed by atoms with Gasteiger partial charge in [-0.25, -0.2) is 4.98 Å². The summed E-state index contributed by atoms with van der Waals surface area (Å²) in [4.78, 5) is 12.7. The highest BCUT2D eigenvalue weighted by atomic mass is 16.3. The number of nitrogens with zero attached hydrogens (tertiary/aromatic N) is 2. The summed E-state index contributed by atoms with van der Waals surface area (Å²) in [5.41, 5.74) is 3.57. The first-order chi connectivity index (χ1) is 11.2. The summed E-state index contributed by atoms with van der Waals surface area (Å²) in [5.74, 6) is 0.806. The molecule has 124 valence electrons. The Bertz CT molecular complexity index is 872. The molecule has 3 aromatic rings. The normalized spacial score (nSPS) is 11.7. The van der Waals surface area contributed by atoms with Crippen molar-refractivity contribution in [1.29, 1.82) is 0 Å². The summed E-state index contributed by atoms with van der Waals surface area (Å²) >= 11 is 0. The van der Waals surface area contributed by atoms with E-state index in [0.717, 1.165) is 22.9 Å². The van der Waals surface area contributed by atoms with E-state index >= 15 is 0 Å². The van der Waals surface area contributed by atoms with Crippen molar-refractivity contribution in [2.45, 2.75) is 33.1 Å². The van der Waals surface area contributed by atoms with Crippen LogP contribution in [0.25, 0.3) is 22.6 Å². The molecular formula is C19H21N3O2. The van der Waals surface area contributed by atoms with E-state index in [1.54, 1.807) is 12.1 Å². The smallest absolute Gasteiger partial charge is 0.119 e. The van der Waals surface area contributed by atoms with Crippen LogP contribution in [0.5, 0.6) is 11.5 Å². The summed E-state index contributed by atoms with van der Waals surface area (Å²) in [6.07, 6.45) is 0. The number of phenolic OH excluding ortho intramolecular Hbond substituents is 2. The molecule has 3 rings (SSSR count). The van der Waals surface area contributed by atoms with Gasteiger partial charge in [-0.2, -0.15) is 0 Å². The lowest BCUT2D eigenvalue weighted by atomic mass is 9.96. The zero-order valence-corrected chi connectivity index (χ0v) is 14.3. The fourth-order valence-electron chi connectivity index (χ4n) is 2.54. The molecule has 1 aromatic carbocycles. The molecule has 2 aromatic heterocycles. The van der Waals surface area contributed by atoms with Crippen molar-refractivity contribution in [2.24, 2.45) is 0 Å². The highest BCUT2D eigenvalue weighted by molar-refractivity contribution is 5.78. The largest absolute Gasteiger partial charge is 0.508 e. The van der Waals surface area contributed by atoms with Crippen molar-refractivity contribution in [2.75, 3.05) is 0 Å². The van der Waals surface area contributed by atoms with E-state index in [1.807, 2.05) is 25.1 Å². The third kappa shape index (κ3) is 3.11. The van der Waals surface area contributed by atoms with Gasteiger partial charge in [-0.05, 0) is 31.2 Å².